The van der Waals surface area contributed by atoms with Crippen molar-refractivity contribution in [1.29, 1.82) is 0 Å². The van der Waals surface area contributed by atoms with E-state index in [0.29, 0.717) is 30.1 Å². The molecule has 0 unspecified atom stereocenters. The first kappa shape index (κ1) is 16.7. The van der Waals surface area contributed by atoms with E-state index in [1.807, 2.05) is 37.3 Å². The molecule has 1 aromatic carbocycles. The molecule has 2 heterocycles. The standard InChI is InChI=1S/C19H19N3O3/c1-13-11-14(2)22(19(24)21-13)9-8-20-18(23)16-7-10-25-17-6-4-3-5-15(17)12-16/h3-7,10-12H,8-9H2,1-2H3,(H,20,23). The number of amides is 1. The molecule has 6 heteroatoms. The van der Waals surface area contributed by atoms with Crippen LogP contribution in [0.2, 0.25) is 0 Å². The van der Waals surface area contributed by atoms with E-state index in [-0.39, 0.29) is 11.6 Å². The Morgan fingerprint density at radius 3 is 2.88 bits per heavy atom. The second kappa shape index (κ2) is 7.17. The number of ether oxygens (including phenoxy) is 1. The molecule has 1 aromatic heterocycles. The Morgan fingerprint density at radius 1 is 1.28 bits per heavy atom. The van der Waals surface area contributed by atoms with Crippen LogP contribution in [-0.2, 0) is 11.3 Å². The Morgan fingerprint density at radius 2 is 2.08 bits per heavy atom. The Kier molecular flexibility index (Phi) is 4.79. The highest BCUT2D eigenvalue weighted by atomic mass is 16.5. The van der Waals surface area contributed by atoms with Crippen molar-refractivity contribution in [2.45, 2.75) is 20.4 Å². The average molecular weight is 337 g/mol. The van der Waals surface area contributed by atoms with Gasteiger partial charge in [0.1, 0.15) is 5.75 Å². The fourth-order valence-corrected chi connectivity index (χ4v) is 2.67. The number of para-hydroxylation sites is 1. The zero-order valence-electron chi connectivity index (χ0n) is 14.2. The molecule has 2 aromatic rings. The van der Waals surface area contributed by atoms with Crippen molar-refractivity contribution < 1.29 is 9.53 Å². The minimum absolute atomic E-state index is 0.220. The van der Waals surface area contributed by atoms with Crippen LogP contribution in [0.5, 0.6) is 5.75 Å². The van der Waals surface area contributed by atoms with Crippen LogP contribution < -0.4 is 15.7 Å². The summed E-state index contributed by atoms with van der Waals surface area (Å²) in [5.74, 6) is 0.483. The van der Waals surface area contributed by atoms with Crippen molar-refractivity contribution in [2.75, 3.05) is 6.54 Å². The summed E-state index contributed by atoms with van der Waals surface area (Å²) in [6.07, 6.45) is 4.90. The normalized spacial score (nSPS) is 12.6. The first-order chi connectivity index (χ1) is 12.0. The summed E-state index contributed by atoms with van der Waals surface area (Å²) in [5, 5.41) is 2.83. The molecule has 25 heavy (non-hydrogen) atoms. The van der Waals surface area contributed by atoms with E-state index < -0.39 is 0 Å². The fraction of sp³-hybridized carbons (Fsp3) is 0.211. The van der Waals surface area contributed by atoms with E-state index in [1.54, 1.807) is 23.6 Å². The number of fused-ring (bicyclic) bond motifs is 1. The maximum absolute atomic E-state index is 12.4. The van der Waals surface area contributed by atoms with E-state index in [9.17, 15) is 9.59 Å². The molecule has 0 radical (unpaired) electrons. The summed E-state index contributed by atoms with van der Waals surface area (Å²) in [6, 6.07) is 9.33. The third kappa shape index (κ3) is 3.85. The topological polar surface area (TPSA) is 73.2 Å². The van der Waals surface area contributed by atoms with Gasteiger partial charge in [0.2, 0.25) is 0 Å². The third-order valence-corrected chi connectivity index (χ3v) is 3.90. The molecule has 1 aliphatic heterocycles. The van der Waals surface area contributed by atoms with Crippen LogP contribution in [0.25, 0.3) is 6.08 Å². The summed E-state index contributed by atoms with van der Waals surface area (Å²) < 4.78 is 7.02. The molecule has 1 N–H and O–H groups in total. The van der Waals surface area contributed by atoms with Gasteiger partial charge in [-0.05, 0) is 38.1 Å². The lowest BCUT2D eigenvalue weighted by molar-refractivity contribution is -0.117. The maximum Gasteiger partial charge on any atom is 0.348 e. The van der Waals surface area contributed by atoms with Gasteiger partial charge < -0.3 is 10.1 Å². The van der Waals surface area contributed by atoms with Crippen LogP contribution in [0.3, 0.4) is 0 Å². The first-order valence-electron chi connectivity index (χ1n) is 8.02. The number of nitrogens with one attached hydrogen (secondary N) is 1. The van der Waals surface area contributed by atoms with Gasteiger partial charge in [0.15, 0.2) is 0 Å². The second-order valence-electron chi connectivity index (χ2n) is 5.79. The average Bonchev–Trinajstić information content (AvgIpc) is 2.79. The molecule has 0 fully saturated rings. The Bertz CT molecular complexity index is 926. The highest BCUT2D eigenvalue weighted by Crippen LogP contribution is 2.24. The van der Waals surface area contributed by atoms with Gasteiger partial charge in [-0.15, -0.1) is 0 Å². The molecule has 1 aliphatic rings. The molecular weight excluding hydrogens is 318 g/mol. The summed E-state index contributed by atoms with van der Waals surface area (Å²) in [6.45, 7) is 4.33. The van der Waals surface area contributed by atoms with Gasteiger partial charge in [-0.1, -0.05) is 18.2 Å². The first-order valence-corrected chi connectivity index (χ1v) is 8.02. The Hall–Kier alpha value is -3.15. The van der Waals surface area contributed by atoms with E-state index in [0.717, 1.165) is 11.3 Å². The quantitative estimate of drug-likeness (QED) is 0.926. The van der Waals surface area contributed by atoms with Crippen LogP contribution >= 0.6 is 0 Å². The predicted molar refractivity (Wildman–Crippen MR) is 95.2 cm³/mol. The van der Waals surface area contributed by atoms with Crippen LogP contribution in [0.4, 0.5) is 0 Å². The number of carbonyl (C=O) groups is 1. The van der Waals surface area contributed by atoms with Crippen molar-refractivity contribution in [1.82, 2.24) is 14.9 Å². The largest absolute Gasteiger partial charge is 0.464 e. The minimum Gasteiger partial charge on any atom is -0.464 e. The van der Waals surface area contributed by atoms with E-state index in [4.69, 9.17) is 4.74 Å². The number of nitrogens with zero attached hydrogens (tertiary/aromatic N) is 2. The molecule has 3 rings (SSSR count). The smallest absolute Gasteiger partial charge is 0.348 e. The number of aryl methyl sites for hydroxylation is 2. The van der Waals surface area contributed by atoms with Gasteiger partial charge in [-0.25, -0.2) is 4.79 Å². The van der Waals surface area contributed by atoms with Crippen LogP contribution in [0.1, 0.15) is 17.0 Å². The van der Waals surface area contributed by atoms with Crippen molar-refractivity contribution >= 4 is 12.0 Å². The van der Waals surface area contributed by atoms with Gasteiger partial charge in [-0.3, -0.25) is 9.36 Å². The lowest BCUT2D eigenvalue weighted by Crippen LogP contribution is -2.33. The Labute approximate surface area is 145 Å². The lowest BCUT2D eigenvalue weighted by Gasteiger charge is -2.10. The van der Waals surface area contributed by atoms with Crippen LogP contribution in [0.15, 0.2) is 53.0 Å². The summed E-state index contributed by atoms with van der Waals surface area (Å²) in [5.41, 5.74) is 2.55. The van der Waals surface area contributed by atoms with Gasteiger partial charge in [0, 0.05) is 35.6 Å². The zero-order valence-corrected chi connectivity index (χ0v) is 14.2. The molecule has 0 bridgehead atoms. The number of hydrogen-bond acceptors (Lipinski definition) is 4. The monoisotopic (exact) mass is 337 g/mol. The number of hydrogen-bond donors (Lipinski definition) is 1. The van der Waals surface area contributed by atoms with E-state index in [2.05, 4.69) is 10.3 Å². The molecule has 6 nitrogen and oxygen atoms in total. The van der Waals surface area contributed by atoms with Crippen molar-refractivity contribution in [3.05, 3.63) is 75.7 Å². The van der Waals surface area contributed by atoms with Crippen molar-refractivity contribution in [3.63, 3.8) is 0 Å². The molecule has 0 saturated heterocycles. The van der Waals surface area contributed by atoms with Crippen LogP contribution in [0, 0.1) is 13.8 Å². The SMILES string of the molecule is Cc1cc(C)n(CCNC(=O)C2=Cc3ccccc3OC=C2)c(=O)n1. The fourth-order valence-electron chi connectivity index (χ4n) is 2.67. The van der Waals surface area contributed by atoms with E-state index in [1.165, 1.54) is 6.26 Å². The van der Waals surface area contributed by atoms with Gasteiger partial charge in [0.05, 0.1) is 6.26 Å². The maximum atomic E-state index is 12.4. The minimum atomic E-state index is -0.303. The summed E-state index contributed by atoms with van der Waals surface area (Å²) in [7, 11) is 0. The molecule has 1 amide bonds. The van der Waals surface area contributed by atoms with Crippen molar-refractivity contribution in [3.8, 4) is 5.75 Å². The van der Waals surface area contributed by atoms with E-state index >= 15 is 0 Å². The van der Waals surface area contributed by atoms with Gasteiger partial charge in [-0.2, -0.15) is 4.98 Å². The molecule has 128 valence electrons. The third-order valence-electron chi connectivity index (χ3n) is 3.90. The molecule has 0 saturated carbocycles. The molecule has 0 aliphatic carbocycles. The van der Waals surface area contributed by atoms with Crippen LogP contribution in [-0.4, -0.2) is 22.0 Å². The summed E-state index contributed by atoms with van der Waals surface area (Å²) >= 11 is 0. The molecule has 0 spiro atoms. The molecule has 0 atom stereocenters. The zero-order chi connectivity index (χ0) is 17.8. The number of rotatable bonds is 4. The number of carbonyl (C=O) groups excluding carboxylic acids is 1. The van der Waals surface area contributed by atoms with Gasteiger partial charge in [0.25, 0.3) is 5.91 Å². The highest BCUT2D eigenvalue weighted by Gasteiger charge is 2.11. The number of aromatic nitrogens is 2. The predicted octanol–water partition coefficient (Wildman–Crippen LogP) is 1.97. The number of benzene rings is 1. The second-order valence-corrected chi connectivity index (χ2v) is 5.79. The van der Waals surface area contributed by atoms with Crippen molar-refractivity contribution in [2.24, 2.45) is 0 Å². The Balaban J connectivity index is 1.68. The summed E-state index contributed by atoms with van der Waals surface area (Å²) in [4.78, 5) is 28.2. The highest BCUT2D eigenvalue weighted by molar-refractivity contribution is 6.01. The lowest BCUT2D eigenvalue weighted by atomic mass is 10.1. The molecular formula is C19H19N3O3. The van der Waals surface area contributed by atoms with Gasteiger partial charge >= 0.3 is 5.69 Å².